The highest BCUT2D eigenvalue weighted by molar-refractivity contribution is 8.06. The number of nitrogens with zero attached hydrogens (tertiary/aromatic N) is 1. The summed E-state index contributed by atoms with van der Waals surface area (Å²) in [4.78, 5) is 7.77. The minimum Gasteiger partial charge on any atom is -0.272 e. The first kappa shape index (κ1) is 13.8. The highest BCUT2D eigenvalue weighted by Gasteiger charge is 2.36. The van der Waals surface area contributed by atoms with Crippen molar-refractivity contribution in [2.24, 2.45) is 4.99 Å². The summed E-state index contributed by atoms with van der Waals surface area (Å²) in [6.07, 6.45) is 5.35. The number of benzene rings is 1. The standard InChI is InChI=1S/C15H19NS2/c1-5-15(2)14(18-4)13(17-3)12(16-15)11-9-7-6-8-10-11/h6-10H,5H2,1-4H3. The molecule has 0 spiro atoms. The summed E-state index contributed by atoms with van der Waals surface area (Å²) < 4.78 is 0. The quantitative estimate of drug-likeness (QED) is 0.797. The predicted octanol–water partition coefficient (Wildman–Crippen LogP) is 4.60. The Kier molecular flexibility index (Phi) is 4.23. The zero-order valence-electron chi connectivity index (χ0n) is 11.4. The molecule has 0 amide bonds. The van der Waals surface area contributed by atoms with Crippen molar-refractivity contribution in [3.8, 4) is 0 Å². The summed E-state index contributed by atoms with van der Waals surface area (Å²) in [6.45, 7) is 4.45. The third kappa shape index (κ3) is 2.26. The lowest BCUT2D eigenvalue weighted by atomic mass is 10.0. The number of hydrogen-bond acceptors (Lipinski definition) is 3. The minimum atomic E-state index is -0.0388. The van der Waals surface area contributed by atoms with Crippen LogP contribution in [-0.4, -0.2) is 23.8 Å². The van der Waals surface area contributed by atoms with E-state index >= 15 is 0 Å². The van der Waals surface area contributed by atoms with Gasteiger partial charge in [-0.25, -0.2) is 0 Å². The molecule has 0 saturated heterocycles. The smallest absolute Gasteiger partial charge is 0.0903 e. The molecular formula is C15H19NS2. The Morgan fingerprint density at radius 1 is 1.11 bits per heavy atom. The monoisotopic (exact) mass is 277 g/mol. The van der Waals surface area contributed by atoms with Crippen LogP contribution in [0.15, 0.2) is 45.1 Å². The molecule has 0 fully saturated rings. The summed E-state index contributed by atoms with van der Waals surface area (Å²) >= 11 is 3.65. The van der Waals surface area contributed by atoms with E-state index in [0.29, 0.717) is 0 Å². The van der Waals surface area contributed by atoms with E-state index in [1.165, 1.54) is 15.4 Å². The Bertz CT molecular complexity index is 490. The molecule has 1 unspecified atom stereocenters. The van der Waals surface area contributed by atoms with Gasteiger partial charge >= 0.3 is 0 Å². The van der Waals surface area contributed by atoms with E-state index in [1.54, 1.807) is 0 Å². The molecule has 2 rings (SSSR count). The maximum atomic E-state index is 5.01. The van der Waals surface area contributed by atoms with Gasteiger partial charge < -0.3 is 0 Å². The molecule has 0 aromatic heterocycles. The predicted molar refractivity (Wildman–Crippen MR) is 85.7 cm³/mol. The van der Waals surface area contributed by atoms with Crippen LogP contribution in [0.1, 0.15) is 25.8 Å². The molecule has 1 atom stereocenters. The van der Waals surface area contributed by atoms with Crippen molar-refractivity contribution >= 4 is 29.2 Å². The number of aliphatic imine (C=N–C) groups is 1. The van der Waals surface area contributed by atoms with Crippen molar-refractivity contribution in [1.29, 1.82) is 0 Å². The molecule has 18 heavy (non-hydrogen) atoms. The fraction of sp³-hybridized carbons (Fsp3) is 0.400. The van der Waals surface area contributed by atoms with Gasteiger partial charge in [0, 0.05) is 15.4 Å². The molecule has 0 radical (unpaired) electrons. The molecule has 1 aliphatic rings. The average Bonchev–Trinajstić information content (AvgIpc) is 2.72. The van der Waals surface area contributed by atoms with Crippen molar-refractivity contribution in [3.05, 3.63) is 45.7 Å². The first-order chi connectivity index (χ1) is 8.66. The molecule has 0 N–H and O–H groups in total. The van der Waals surface area contributed by atoms with Gasteiger partial charge in [-0.3, -0.25) is 4.99 Å². The molecule has 1 heterocycles. The van der Waals surface area contributed by atoms with Crippen LogP contribution in [0.3, 0.4) is 0 Å². The number of thioether (sulfide) groups is 2. The summed E-state index contributed by atoms with van der Waals surface area (Å²) in [7, 11) is 0. The van der Waals surface area contributed by atoms with Crippen LogP contribution in [0, 0.1) is 0 Å². The van der Waals surface area contributed by atoms with Gasteiger partial charge in [0.25, 0.3) is 0 Å². The van der Waals surface area contributed by atoms with Crippen LogP contribution in [-0.2, 0) is 0 Å². The zero-order valence-corrected chi connectivity index (χ0v) is 13.0. The van der Waals surface area contributed by atoms with Gasteiger partial charge in [-0.05, 0) is 25.9 Å². The first-order valence-electron chi connectivity index (χ1n) is 6.14. The SMILES string of the molecule is CCC1(C)N=C(c2ccccc2)C(SC)=C1SC. The second-order valence-electron chi connectivity index (χ2n) is 4.52. The Hall–Kier alpha value is -0.670. The first-order valence-corrected chi connectivity index (χ1v) is 8.59. The van der Waals surface area contributed by atoms with Crippen LogP contribution in [0.2, 0.25) is 0 Å². The van der Waals surface area contributed by atoms with Gasteiger partial charge in [0.2, 0.25) is 0 Å². The highest BCUT2D eigenvalue weighted by atomic mass is 32.2. The Morgan fingerprint density at radius 2 is 1.78 bits per heavy atom. The molecule has 3 heteroatoms. The summed E-state index contributed by atoms with van der Waals surface area (Å²) in [5, 5.41) is 0. The second-order valence-corrected chi connectivity index (χ2v) is 6.15. The summed E-state index contributed by atoms with van der Waals surface area (Å²) in [5.74, 6) is 0. The zero-order chi connectivity index (χ0) is 13.2. The molecule has 0 aliphatic carbocycles. The third-order valence-corrected chi connectivity index (χ3v) is 5.40. The van der Waals surface area contributed by atoms with Gasteiger partial charge in [0.05, 0.1) is 11.3 Å². The molecular weight excluding hydrogens is 258 g/mol. The fourth-order valence-corrected chi connectivity index (χ4v) is 4.41. The topological polar surface area (TPSA) is 12.4 Å². The average molecular weight is 277 g/mol. The van der Waals surface area contributed by atoms with Crippen LogP contribution in [0.4, 0.5) is 0 Å². The van der Waals surface area contributed by atoms with Gasteiger partial charge in [-0.15, -0.1) is 23.5 Å². The van der Waals surface area contributed by atoms with Gasteiger partial charge in [-0.1, -0.05) is 37.3 Å². The van der Waals surface area contributed by atoms with E-state index in [4.69, 9.17) is 4.99 Å². The number of hydrogen-bond donors (Lipinski definition) is 0. The van der Waals surface area contributed by atoms with E-state index in [9.17, 15) is 0 Å². The van der Waals surface area contributed by atoms with Crippen LogP contribution in [0.25, 0.3) is 0 Å². The van der Waals surface area contributed by atoms with Gasteiger partial charge in [0.1, 0.15) is 0 Å². The highest BCUT2D eigenvalue weighted by Crippen LogP contribution is 2.45. The van der Waals surface area contributed by atoms with Crippen LogP contribution < -0.4 is 0 Å². The molecule has 1 aromatic rings. The molecule has 1 aromatic carbocycles. The number of rotatable bonds is 4. The lowest BCUT2D eigenvalue weighted by Gasteiger charge is -2.22. The van der Waals surface area contributed by atoms with Gasteiger partial charge in [0.15, 0.2) is 0 Å². The maximum Gasteiger partial charge on any atom is 0.0903 e. The summed E-state index contributed by atoms with van der Waals surface area (Å²) in [5.41, 5.74) is 2.35. The molecule has 0 bridgehead atoms. The van der Waals surface area contributed by atoms with Crippen LogP contribution >= 0.6 is 23.5 Å². The lowest BCUT2D eigenvalue weighted by molar-refractivity contribution is 0.568. The van der Waals surface area contributed by atoms with E-state index in [0.717, 1.165) is 12.1 Å². The van der Waals surface area contributed by atoms with Crippen LogP contribution in [0.5, 0.6) is 0 Å². The Labute approximate surface area is 118 Å². The maximum absolute atomic E-state index is 5.01. The van der Waals surface area contributed by atoms with Gasteiger partial charge in [-0.2, -0.15) is 0 Å². The van der Waals surface area contributed by atoms with E-state index in [-0.39, 0.29) is 5.54 Å². The summed E-state index contributed by atoms with van der Waals surface area (Å²) in [6, 6.07) is 10.5. The normalized spacial score (nSPS) is 23.4. The van der Waals surface area contributed by atoms with Crippen molar-refractivity contribution in [2.75, 3.05) is 12.5 Å². The molecule has 96 valence electrons. The third-order valence-electron chi connectivity index (χ3n) is 3.41. The molecule has 1 nitrogen and oxygen atoms in total. The number of allylic oxidation sites excluding steroid dienone is 1. The van der Waals surface area contributed by atoms with Crippen molar-refractivity contribution in [1.82, 2.24) is 0 Å². The molecule has 0 saturated carbocycles. The van der Waals surface area contributed by atoms with Crippen molar-refractivity contribution in [2.45, 2.75) is 25.8 Å². The van der Waals surface area contributed by atoms with E-state index in [1.807, 2.05) is 23.5 Å². The van der Waals surface area contributed by atoms with Crippen molar-refractivity contribution < 1.29 is 0 Å². The fourth-order valence-electron chi connectivity index (χ4n) is 2.23. The minimum absolute atomic E-state index is 0.0388. The van der Waals surface area contributed by atoms with E-state index < -0.39 is 0 Å². The Morgan fingerprint density at radius 3 is 2.28 bits per heavy atom. The van der Waals surface area contributed by atoms with E-state index in [2.05, 4.69) is 56.7 Å². The van der Waals surface area contributed by atoms with Crippen molar-refractivity contribution in [3.63, 3.8) is 0 Å². The Balaban J connectivity index is 2.55. The lowest BCUT2D eigenvalue weighted by Crippen LogP contribution is -2.19. The largest absolute Gasteiger partial charge is 0.272 e. The molecule has 1 aliphatic heterocycles. The second kappa shape index (κ2) is 5.54.